The number of carbonyl (C=O) groups is 2. The maximum Gasteiger partial charge on any atom is 0.344 e. The van der Waals surface area contributed by atoms with E-state index in [1.165, 1.54) is 0 Å². The fraction of sp³-hybridized carbons (Fsp3) is 0.300. The van der Waals surface area contributed by atoms with Crippen LogP contribution in [0.25, 0.3) is 0 Å². The summed E-state index contributed by atoms with van der Waals surface area (Å²) < 4.78 is 20.7. The van der Waals surface area contributed by atoms with Crippen LogP contribution in [0.2, 0.25) is 5.02 Å². The van der Waals surface area contributed by atoms with Crippen molar-refractivity contribution in [3.8, 4) is 17.2 Å². The van der Waals surface area contributed by atoms with Gasteiger partial charge in [-0.2, -0.15) is 0 Å². The van der Waals surface area contributed by atoms with Crippen molar-refractivity contribution in [2.45, 2.75) is 13.0 Å². The van der Waals surface area contributed by atoms with Crippen LogP contribution in [0.5, 0.6) is 17.2 Å². The molecule has 0 spiro atoms. The van der Waals surface area contributed by atoms with E-state index in [1.54, 1.807) is 63.6 Å². The third-order valence-corrected chi connectivity index (χ3v) is 4.07. The summed E-state index contributed by atoms with van der Waals surface area (Å²) in [5, 5.41) is 3.31. The van der Waals surface area contributed by atoms with Gasteiger partial charge in [0, 0.05) is 10.6 Å². The van der Waals surface area contributed by atoms with Gasteiger partial charge >= 0.3 is 5.97 Å². The lowest BCUT2D eigenvalue weighted by Crippen LogP contribution is -2.32. The summed E-state index contributed by atoms with van der Waals surface area (Å²) in [6, 6.07) is 11.5. The number of halogens is 1. The van der Waals surface area contributed by atoms with E-state index in [9.17, 15) is 9.59 Å². The van der Waals surface area contributed by atoms with Gasteiger partial charge in [0.1, 0.15) is 17.2 Å². The van der Waals surface area contributed by atoms with Gasteiger partial charge in [-0.25, -0.2) is 4.79 Å². The monoisotopic (exact) mass is 407 g/mol. The van der Waals surface area contributed by atoms with Crippen LogP contribution in [0.15, 0.2) is 42.5 Å². The second-order valence-electron chi connectivity index (χ2n) is 5.80. The van der Waals surface area contributed by atoms with Crippen molar-refractivity contribution in [1.82, 2.24) is 5.32 Å². The fourth-order valence-electron chi connectivity index (χ4n) is 2.40. The average Bonchev–Trinajstić information content (AvgIpc) is 2.71. The average molecular weight is 408 g/mol. The number of carbonyl (C=O) groups excluding carboxylic acids is 2. The predicted molar refractivity (Wildman–Crippen MR) is 104 cm³/mol. The number of benzene rings is 2. The molecule has 0 aromatic heterocycles. The molecular weight excluding hydrogens is 386 g/mol. The Bertz CT molecular complexity index is 809. The first kappa shape index (κ1) is 21.4. The molecular formula is C20H22ClNO6. The zero-order chi connectivity index (χ0) is 20.5. The van der Waals surface area contributed by atoms with Gasteiger partial charge in [0.15, 0.2) is 13.2 Å². The molecule has 0 aliphatic rings. The van der Waals surface area contributed by atoms with Gasteiger partial charge in [-0.05, 0) is 49.4 Å². The van der Waals surface area contributed by atoms with Gasteiger partial charge in [-0.1, -0.05) is 11.6 Å². The summed E-state index contributed by atoms with van der Waals surface area (Å²) >= 11 is 5.77. The van der Waals surface area contributed by atoms with E-state index in [0.29, 0.717) is 22.3 Å². The number of methoxy groups -OCH3 is 2. The van der Waals surface area contributed by atoms with E-state index >= 15 is 0 Å². The molecule has 0 bridgehead atoms. The van der Waals surface area contributed by atoms with Crippen LogP contribution in [0.3, 0.4) is 0 Å². The molecule has 0 fully saturated rings. The SMILES string of the molecule is COc1ccc(OC)c([C@H](C)NC(=O)COC(=O)COc2ccc(Cl)cc2)c1. The van der Waals surface area contributed by atoms with Gasteiger partial charge < -0.3 is 24.3 Å². The van der Waals surface area contributed by atoms with Crippen molar-refractivity contribution >= 4 is 23.5 Å². The maximum absolute atomic E-state index is 12.1. The van der Waals surface area contributed by atoms with Crippen LogP contribution in [-0.2, 0) is 14.3 Å². The van der Waals surface area contributed by atoms with Crippen molar-refractivity contribution in [2.75, 3.05) is 27.4 Å². The van der Waals surface area contributed by atoms with Crippen molar-refractivity contribution in [1.29, 1.82) is 0 Å². The van der Waals surface area contributed by atoms with Gasteiger partial charge in [-0.3, -0.25) is 4.79 Å². The number of ether oxygens (including phenoxy) is 4. The molecule has 2 aromatic rings. The van der Waals surface area contributed by atoms with Crippen molar-refractivity contribution in [3.63, 3.8) is 0 Å². The summed E-state index contributed by atoms with van der Waals surface area (Å²) in [5.41, 5.74) is 0.743. The molecule has 0 aliphatic heterocycles. The minimum Gasteiger partial charge on any atom is -0.497 e. The number of esters is 1. The molecule has 1 N–H and O–H groups in total. The molecule has 1 atom stereocenters. The maximum atomic E-state index is 12.1. The van der Waals surface area contributed by atoms with Crippen LogP contribution in [0.1, 0.15) is 18.5 Å². The summed E-state index contributed by atoms with van der Waals surface area (Å²) in [6.07, 6.45) is 0. The minimum absolute atomic E-state index is 0.311. The topological polar surface area (TPSA) is 83.1 Å². The van der Waals surface area contributed by atoms with E-state index < -0.39 is 18.5 Å². The molecule has 150 valence electrons. The predicted octanol–water partition coefficient (Wildman–Crippen LogP) is 3.16. The largest absolute Gasteiger partial charge is 0.497 e. The molecule has 7 nitrogen and oxygen atoms in total. The molecule has 2 rings (SSSR count). The third-order valence-electron chi connectivity index (χ3n) is 3.82. The Morgan fingerprint density at radius 2 is 1.68 bits per heavy atom. The Hall–Kier alpha value is -2.93. The Morgan fingerprint density at radius 3 is 2.32 bits per heavy atom. The number of hydrogen-bond donors (Lipinski definition) is 1. The highest BCUT2D eigenvalue weighted by Gasteiger charge is 2.16. The van der Waals surface area contributed by atoms with Crippen molar-refractivity contribution in [3.05, 3.63) is 53.1 Å². The molecule has 8 heteroatoms. The highest BCUT2D eigenvalue weighted by molar-refractivity contribution is 6.30. The Balaban J connectivity index is 1.81. The first-order valence-electron chi connectivity index (χ1n) is 8.48. The standard InChI is InChI=1S/C20H22ClNO6/c1-13(17-10-16(25-2)8-9-18(17)26-3)22-19(23)11-28-20(24)12-27-15-6-4-14(21)5-7-15/h4-10,13H,11-12H2,1-3H3,(H,22,23)/t13-/m0/s1. The van der Waals surface area contributed by atoms with Gasteiger partial charge in [-0.15, -0.1) is 0 Å². The molecule has 28 heavy (non-hydrogen) atoms. The van der Waals surface area contributed by atoms with Crippen LogP contribution in [0, 0.1) is 0 Å². The number of hydrogen-bond acceptors (Lipinski definition) is 6. The lowest BCUT2D eigenvalue weighted by atomic mass is 10.1. The number of amides is 1. The molecule has 0 heterocycles. The molecule has 0 saturated carbocycles. The quantitative estimate of drug-likeness (QED) is 0.643. The highest BCUT2D eigenvalue weighted by Crippen LogP contribution is 2.29. The van der Waals surface area contributed by atoms with Gasteiger partial charge in [0.2, 0.25) is 0 Å². The van der Waals surface area contributed by atoms with Gasteiger partial charge in [0.25, 0.3) is 5.91 Å². The first-order valence-corrected chi connectivity index (χ1v) is 8.86. The lowest BCUT2D eigenvalue weighted by Gasteiger charge is -2.18. The fourth-order valence-corrected chi connectivity index (χ4v) is 2.53. The van der Waals surface area contributed by atoms with Crippen molar-refractivity contribution in [2.24, 2.45) is 0 Å². The minimum atomic E-state index is -0.656. The third kappa shape index (κ3) is 6.35. The molecule has 0 unspecified atom stereocenters. The Kier molecular flexibility index (Phi) is 7.95. The first-order chi connectivity index (χ1) is 13.4. The van der Waals surface area contributed by atoms with E-state index in [1.807, 2.05) is 0 Å². The molecule has 1 amide bonds. The van der Waals surface area contributed by atoms with E-state index in [0.717, 1.165) is 5.56 Å². The number of nitrogens with one attached hydrogen (secondary N) is 1. The van der Waals surface area contributed by atoms with Crippen LogP contribution >= 0.6 is 11.6 Å². The van der Waals surface area contributed by atoms with Crippen LogP contribution < -0.4 is 19.5 Å². The number of rotatable bonds is 9. The smallest absolute Gasteiger partial charge is 0.344 e. The summed E-state index contributed by atoms with van der Waals surface area (Å²) in [4.78, 5) is 23.8. The molecule has 0 radical (unpaired) electrons. The van der Waals surface area contributed by atoms with Gasteiger partial charge in [0.05, 0.1) is 20.3 Å². The second kappa shape index (κ2) is 10.4. The normalized spacial score (nSPS) is 11.3. The second-order valence-corrected chi connectivity index (χ2v) is 6.24. The van der Waals surface area contributed by atoms with Crippen LogP contribution in [-0.4, -0.2) is 39.3 Å². The van der Waals surface area contributed by atoms with Crippen LogP contribution in [0.4, 0.5) is 0 Å². The van der Waals surface area contributed by atoms with E-state index in [2.05, 4.69) is 5.32 Å². The lowest BCUT2D eigenvalue weighted by molar-refractivity contribution is -0.150. The summed E-state index contributed by atoms with van der Waals surface area (Å²) in [6.45, 7) is 1.06. The highest BCUT2D eigenvalue weighted by atomic mass is 35.5. The summed E-state index contributed by atoms with van der Waals surface area (Å²) in [5.74, 6) is 0.628. The van der Waals surface area contributed by atoms with E-state index in [4.69, 9.17) is 30.5 Å². The van der Waals surface area contributed by atoms with Crippen molar-refractivity contribution < 1.29 is 28.5 Å². The van der Waals surface area contributed by atoms with E-state index in [-0.39, 0.29) is 12.6 Å². The summed E-state index contributed by atoms with van der Waals surface area (Å²) in [7, 11) is 3.10. The zero-order valence-electron chi connectivity index (χ0n) is 15.9. The zero-order valence-corrected chi connectivity index (χ0v) is 16.6. The molecule has 2 aromatic carbocycles. The molecule has 0 saturated heterocycles. The Labute approximate surface area is 168 Å². The molecule has 0 aliphatic carbocycles. The Morgan fingerprint density at radius 1 is 1.00 bits per heavy atom.